The molecule has 0 atom stereocenters. The van der Waals surface area contributed by atoms with Crippen LogP contribution in [0.4, 0.5) is 0 Å². The summed E-state index contributed by atoms with van der Waals surface area (Å²) in [5.74, 6) is -1.20. The molecular formula is C13H17NO4. The van der Waals surface area contributed by atoms with E-state index in [4.69, 9.17) is 9.84 Å². The second kappa shape index (κ2) is 7.45. The van der Waals surface area contributed by atoms with Gasteiger partial charge in [-0.3, -0.25) is 9.59 Å². The molecule has 0 heterocycles. The van der Waals surface area contributed by atoms with E-state index in [1.165, 1.54) is 0 Å². The van der Waals surface area contributed by atoms with Crippen molar-refractivity contribution in [3.63, 3.8) is 0 Å². The van der Waals surface area contributed by atoms with E-state index in [2.05, 4.69) is 5.32 Å². The summed E-state index contributed by atoms with van der Waals surface area (Å²) in [7, 11) is 1.60. The van der Waals surface area contributed by atoms with E-state index in [9.17, 15) is 9.59 Å². The highest BCUT2D eigenvalue weighted by Crippen LogP contribution is 2.09. The van der Waals surface area contributed by atoms with Gasteiger partial charge >= 0.3 is 5.97 Å². The van der Waals surface area contributed by atoms with Crippen LogP contribution in [-0.2, 0) is 16.0 Å². The molecule has 5 nitrogen and oxygen atoms in total. The molecule has 0 bridgehead atoms. The monoisotopic (exact) mass is 251 g/mol. The number of carboxylic acids is 1. The zero-order valence-corrected chi connectivity index (χ0v) is 10.3. The molecule has 0 aliphatic carbocycles. The van der Waals surface area contributed by atoms with Crippen LogP contribution in [0.25, 0.3) is 0 Å². The summed E-state index contributed by atoms with van der Waals surface area (Å²) >= 11 is 0. The van der Waals surface area contributed by atoms with Gasteiger partial charge in [0.15, 0.2) is 0 Å². The largest absolute Gasteiger partial charge is 0.481 e. The number of carboxylic acid groups (broad SMARTS) is 1. The Hall–Kier alpha value is -1.88. The lowest BCUT2D eigenvalue weighted by molar-refractivity contribution is -0.136. The van der Waals surface area contributed by atoms with Crippen molar-refractivity contribution in [2.45, 2.75) is 12.8 Å². The van der Waals surface area contributed by atoms with Gasteiger partial charge in [-0.15, -0.1) is 0 Å². The van der Waals surface area contributed by atoms with Gasteiger partial charge in [-0.1, -0.05) is 18.2 Å². The normalized spacial score (nSPS) is 10.1. The van der Waals surface area contributed by atoms with Crippen LogP contribution in [0.1, 0.15) is 22.3 Å². The summed E-state index contributed by atoms with van der Waals surface area (Å²) in [5.41, 5.74) is 0.937. The number of methoxy groups -OCH3 is 1. The predicted octanol–water partition coefficient (Wildman–Crippen LogP) is 1.08. The summed E-state index contributed by atoms with van der Waals surface area (Å²) in [4.78, 5) is 22.6. The molecule has 0 saturated carbocycles. The van der Waals surface area contributed by atoms with E-state index < -0.39 is 5.97 Å². The van der Waals surface area contributed by atoms with Gasteiger partial charge in [0.2, 0.25) is 0 Å². The molecule has 1 aromatic rings. The van der Waals surface area contributed by atoms with Gasteiger partial charge < -0.3 is 15.2 Å². The number of hydrogen-bond donors (Lipinski definition) is 2. The first-order valence-electron chi connectivity index (χ1n) is 5.72. The van der Waals surface area contributed by atoms with Gasteiger partial charge in [-0.25, -0.2) is 0 Å². The SMILES string of the molecule is COCCCNC(=O)c1ccccc1CC(=O)O. The van der Waals surface area contributed by atoms with Crippen molar-refractivity contribution < 1.29 is 19.4 Å². The first-order chi connectivity index (χ1) is 8.65. The van der Waals surface area contributed by atoms with Crippen LogP contribution >= 0.6 is 0 Å². The molecule has 0 aromatic heterocycles. The third-order valence-electron chi connectivity index (χ3n) is 2.41. The van der Waals surface area contributed by atoms with Crippen molar-refractivity contribution in [1.82, 2.24) is 5.32 Å². The molecular weight excluding hydrogens is 234 g/mol. The third-order valence-corrected chi connectivity index (χ3v) is 2.41. The average Bonchev–Trinajstić information content (AvgIpc) is 2.34. The molecule has 0 spiro atoms. The highest BCUT2D eigenvalue weighted by Gasteiger charge is 2.12. The van der Waals surface area contributed by atoms with E-state index in [1.54, 1.807) is 31.4 Å². The Morgan fingerprint density at radius 2 is 2.06 bits per heavy atom. The maximum absolute atomic E-state index is 11.9. The molecule has 98 valence electrons. The molecule has 0 aliphatic heterocycles. The van der Waals surface area contributed by atoms with Crippen molar-refractivity contribution in [2.75, 3.05) is 20.3 Å². The number of aliphatic carboxylic acids is 1. The molecule has 1 aromatic carbocycles. The fraction of sp³-hybridized carbons (Fsp3) is 0.385. The van der Waals surface area contributed by atoms with Gasteiger partial charge in [-0.05, 0) is 18.1 Å². The summed E-state index contributed by atoms with van der Waals surface area (Å²) in [5, 5.41) is 11.5. The van der Waals surface area contributed by atoms with E-state index >= 15 is 0 Å². The lowest BCUT2D eigenvalue weighted by Gasteiger charge is -2.08. The van der Waals surface area contributed by atoms with Crippen LogP contribution in [0, 0.1) is 0 Å². The minimum Gasteiger partial charge on any atom is -0.481 e. The van der Waals surface area contributed by atoms with Crippen molar-refractivity contribution in [2.24, 2.45) is 0 Å². The van der Waals surface area contributed by atoms with Crippen LogP contribution < -0.4 is 5.32 Å². The Morgan fingerprint density at radius 3 is 2.72 bits per heavy atom. The number of nitrogens with one attached hydrogen (secondary N) is 1. The van der Waals surface area contributed by atoms with E-state index in [-0.39, 0.29) is 12.3 Å². The summed E-state index contributed by atoms with van der Waals surface area (Å²) < 4.78 is 4.88. The number of rotatable bonds is 7. The highest BCUT2D eigenvalue weighted by atomic mass is 16.5. The predicted molar refractivity (Wildman–Crippen MR) is 66.6 cm³/mol. The molecule has 2 N–H and O–H groups in total. The van der Waals surface area contributed by atoms with Crippen molar-refractivity contribution in [1.29, 1.82) is 0 Å². The number of benzene rings is 1. The fourth-order valence-corrected chi connectivity index (χ4v) is 1.57. The Bertz CT molecular complexity index is 417. The minimum atomic E-state index is -0.949. The maximum Gasteiger partial charge on any atom is 0.307 e. The van der Waals surface area contributed by atoms with Crippen molar-refractivity contribution >= 4 is 11.9 Å². The second-order valence-electron chi connectivity index (χ2n) is 3.83. The van der Waals surface area contributed by atoms with Gasteiger partial charge in [0.25, 0.3) is 5.91 Å². The van der Waals surface area contributed by atoms with Crippen LogP contribution in [0.5, 0.6) is 0 Å². The first-order valence-corrected chi connectivity index (χ1v) is 5.72. The van der Waals surface area contributed by atoms with Gasteiger partial charge in [0.05, 0.1) is 6.42 Å². The Morgan fingerprint density at radius 1 is 1.33 bits per heavy atom. The summed E-state index contributed by atoms with van der Waals surface area (Å²) in [6, 6.07) is 6.72. The first kappa shape index (κ1) is 14.2. The number of carbonyl (C=O) groups excluding carboxylic acids is 1. The molecule has 18 heavy (non-hydrogen) atoms. The molecule has 0 radical (unpaired) electrons. The molecule has 0 fully saturated rings. The fourth-order valence-electron chi connectivity index (χ4n) is 1.57. The molecule has 0 aliphatic rings. The molecule has 1 rings (SSSR count). The van der Waals surface area contributed by atoms with Crippen LogP contribution in [0.15, 0.2) is 24.3 Å². The van der Waals surface area contributed by atoms with Gasteiger partial charge in [0, 0.05) is 25.8 Å². The summed E-state index contributed by atoms with van der Waals surface area (Å²) in [6.07, 6.45) is 0.574. The minimum absolute atomic E-state index is 0.151. The van der Waals surface area contributed by atoms with Crippen molar-refractivity contribution in [3.8, 4) is 0 Å². The molecule has 1 amide bonds. The summed E-state index contributed by atoms with van der Waals surface area (Å²) in [6.45, 7) is 1.09. The zero-order valence-electron chi connectivity index (χ0n) is 10.3. The topological polar surface area (TPSA) is 75.6 Å². The zero-order chi connectivity index (χ0) is 13.4. The smallest absolute Gasteiger partial charge is 0.307 e. The van der Waals surface area contributed by atoms with Gasteiger partial charge in [0.1, 0.15) is 0 Å². The number of carbonyl (C=O) groups is 2. The standard InChI is InChI=1S/C13H17NO4/c1-18-8-4-7-14-13(17)11-6-3-2-5-10(11)9-12(15)16/h2-3,5-6H,4,7-9H2,1H3,(H,14,17)(H,15,16). The maximum atomic E-state index is 11.9. The molecule has 5 heteroatoms. The Balaban J connectivity index is 2.63. The average molecular weight is 251 g/mol. The number of ether oxygens (including phenoxy) is 1. The van der Waals surface area contributed by atoms with E-state index in [0.29, 0.717) is 24.3 Å². The lowest BCUT2D eigenvalue weighted by Crippen LogP contribution is -2.26. The Labute approximate surface area is 106 Å². The Kier molecular flexibility index (Phi) is 5.87. The van der Waals surface area contributed by atoms with Gasteiger partial charge in [-0.2, -0.15) is 0 Å². The van der Waals surface area contributed by atoms with E-state index in [0.717, 1.165) is 6.42 Å². The highest BCUT2D eigenvalue weighted by molar-refractivity contribution is 5.96. The van der Waals surface area contributed by atoms with Crippen LogP contribution in [-0.4, -0.2) is 37.2 Å². The number of hydrogen-bond acceptors (Lipinski definition) is 3. The quantitative estimate of drug-likeness (QED) is 0.711. The van der Waals surface area contributed by atoms with Crippen LogP contribution in [0.3, 0.4) is 0 Å². The molecule has 0 saturated heterocycles. The molecule has 0 unspecified atom stereocenters. The lowest BCUT2D eigenvalue weighted by atomic mass is 10.0. The van der Waals surface area contributed by atoms with Crippen molar-refractivity contribution in [3.05, 3.63) is 35.4 Å². The van der Waals surface area contributed by atoms with E-state index in [1.807, 2.05) is 0 Å². The van der Waals surface area contributed by atoms with Crippen LogP contribution in [0.2, 0.25) is 0 Å². The number of amides is 1. The second-order valence-corrected chi connectivity index (χ2v) is 3.83. The third kappa shape index (κ3) is 4.55.